The van der Waals surface area contributed by atoms with Crippen LogP contribution in [0.25, 0.3) is 0 Å². The second-order valence-electron chi connectivity index (χ2n) is 7.00. The van der Waals surface area contributed by atoms with Gasteiger partial charge in [-0.2, -0.15) is 0 Å². The van der Waals surface area contributed by atoms with Crippen LogP contribution in [0, 0.1) is 0 Å². The normalized spacial score (nSPS) is 12.3. The quantitative estimate of drug-likeness (QED) is 0.324. The molecule has 0 fully saturated rings. The van der Waals surface area contributed by atoms with E-state index in [0.29, 0.717) is 0 Å². The van der Waals surface area contributed by atoms with Gasteiger partial charge in [-0.05, 0) is 13.3 Å². The standard InChI is InChI=1S/C21H37N.3ClH/c1-4-5-6-7-8-9-10-11-12-16-19-21(2,22-3)20-17-14-13-15-18-20;;;/h13-15,17-18,22H,4-12,16,19H2,1-3H3;3*1H/p-2. The number of quaternary nitrogens is 1. The molecule has 0 aliphatic rings. The van der Waals surface area contributed by atoms with Gasteiger partial charge in [0.05, 0.1) is 7.05 Å². The van der Waals surface area contributed by atoms with E-state index in [1.54, 1.807) is 0 Å². The monoisotopic (exact) mass is 409 g/mol. The van der Waals surface area contributed by atoms with Gasteiger partial charge in [-0.1, -0.05) is 95.0 Å². The predicted molar refractivity (Wildman–Crippen MR) is 98.1 cm³/mol. The van der Waals surface area contributed by atoms with Crippen LogP contribution in [0.2, 0.25) is 0 Å². The summed E-state index contributed by atoms with van der Waals surface area (Å²) in [5.74, 6) is 0. The maximum Gasteiger partial charge on any atom is 0.119 e. The van der Waals surface area contributed by atoms with Crippen LogP contribution in [0.1, 0.15) is 90.0 Å². The Balaban J connectivity index is -0.00000161. The van der Waals surface area contributed by atoms with Crippen molar-refractivity contribution in [2.24, 2.45) is 0 Å². The van der Waals surface area contributed by atoms with Crippen molar-refractivity contribution in [2.45, 2.75) is 90.0 Å². The third kappa shape index (κ3) is 12.9. The van der Waals surface area contributed by atoms with Crippen molar-refractivity contribution in [1.29, 1.82) is 0 Å². The van der Waals surface area contributed by atoms with E-state index >= 15 is 0 Å². The molecule has 0 saturated carbocycles. The highest BCUT2D eigenvalue weighted by atomic mass is 35.5. The fourth-order valence-corrected chi connectivity index (χ4v) is 3.25. The van der Waals surface area contributed by atoms with Crippen LogP contribution < -0.4 is 42.5 Å². The molecule has 4 heteroatoms. The summed E-state index contributed by atoms with van der Waals surface area (Å²) < 4.78 is 0. The molecule has 0 bridgehead atoms. The smallest absolute Gasteiger partial charge is 0.119 e. The topological polar surface area (TPSA) is 16.6 Å². The summed E-state index contributed by atoms with van der Waals surface area (Å²) in [6.45, 7) is 4.67. The molecule has 1 aromatic carbocycles. The van der Waals surface area contributed by atoms with Crippen LogP contribution in [0.15, 0.2) is 30.3 Å². The second kappa shape index (κ2) is 18.8. The average Bonchev–Trinajstić information content (AvgIpc) is 2.57. The van der Waals surface area contributed by atoms with Crippen molar-refractivity contribution in [3.63, 3.8) is 0 Å². The average molecular weight is 411 g/mol. The molecule has 0 heterocycles. The van der Waals surface area contributed by atoms with E-state index in [4.69, 9.17) is 0 Å². The largest absolute Gasteiger partial charge is 1.00 e. The maximum absolute atomic E-state index is 2.38. The molecule has 0 aliphatic carbocycles. The molecule has 0 saturated heterocycles. The van der Waals surface area contributed by atoms with Gasteiger partial charge in [-0.15, -0.1) is 0 Å². The van der Waals surface area contributed by atoms with Crippen molar-refractivity contribution in [1.82, 2.24) is 0 Å². The molecular weight excluding hydrogens is 373 g/mol. The first-order valence-corrected chi connectivity index (χ1v) is 9.59. The molecule has 1 aromatic rings. The Kier molecular flexibility index (Phi) is 22.4. The Morgan fingerprint density at radius 2 is 1.16 bits per heavy atom. The van der Waals surface area contributed by atoms with E-state index in [1.165, 1.54) is 76.2 Å². The van der Waals surface area contributed by atoms with E-state index in [2.05, 4.69) is 56.5 Å². The van der Waals surface area contributed by atoms with Crippen molar-refractivity contribution < 1.29 is 42.5 Å². The van der Waals surface area contributed by atoms with Crippen LogP contribution in [0.5, 0.6) is 0 Å². The van der Waals surface area contributed by atoms with Gasteiger partial charge in [0, 0.05) is 12.0 Å². The summed E-state index contributed by atoms with van der Waals surface area (Å²) in [7, 11) is 2.21. The number of unbranched alkanes of at least 4 members (excludes halogenated alkanes) is 9. The van der Waals surface area contributed by atoms with Crippen LogP contribution in [0.4, 0.5) is 0 Å². The molecule has 1 nitrogen and oxygen atoms in total. The van der Waals surface area contributed by atoms with Gasteiger partial charge in [0.2, 0.25) is 0 Å². The molecule has 1 atom stereocenters. The zero-order chi connectivity index (χ0) is 16.1. The van der Waals surface area contributed by atoms with E-state index in [0.717, 1.165) is 0 Å². The summed E-state index contributed by atoms with van der Waals surface area (Å²) in [5.41, 5.74) is 1.72. The number of hydrogen-bond donors (Lipinski definition) is 1. The van der Waals surface area contributed by atoms with Crippen molar-refractivity contribution >= 4 is 0 Å². The third-order valence-electron chi connectivity index (χ3n) is 5.12. The molecule has 150 valence electrons. The van der Waals surface area contributed by atoms with E-state index in [-0.39, 0.29) is 42.8 Å². The number of rotatable bonds is 13. The van der Waals surface area contributed by atoms with Gasteiger partial charge in [-0.25, -0.2) is 0 Å². The van der Waals surface area contributed by atoms with E-state index < -0.39 is 0 Å². The third-order valence-corrected chi connectivity index (χ3v) is 5.12. The van der Waals surface area contributed by atoms with Crippen LogP contribution in [-0.4, -0.2) is 7.05 Å². The molecule has 25 heavy (non-hydrogen) atoms. The molecule has 1 rings (SSSR count). The lowest BCUT2D eigenvalue weighted by Gasteiger charge is -2.26. The van der Waals surface area contributed by atoms with Crippen LogP contribution in [-0.2, 0) is 5.54 Å². The molecule has 0 aromatic heterocycles. The fraction of sp³-hybridized carbons (Fsp3) is 0.714. The molecule has 0 amide bonds. The summed E-state index contributed by atoms with van der Waals surface area (Å²) in [6.07, 6.45) is 15.4. The molecule has 0 radical (unpaired) electrons. The molecular formula is C21H38Cl3N-2. The van der Waals surface area contributed by atoms with Gasteiger partial charge < -0.3 is 42.5 Å². The first kappa shape index (κ1) is 29.8. The molecule has 2 N–H and O–H groups in total. The molecule has 1 unspecified atom stereocenters. The van der Waals surface area contributed by atoms with Gasteiger partial charge >= 0.3 is 0 Å². The lowest BCUT2D eigenvalue weighted by atomic mass is 9.86. The lowest BCUT2D eigenvalue weighted by Crippen LogP contribution is -3.00. The highest BCUT2D eigenvalue weighted by molar-refractivity contribution is 5.20. The van der Waals surface area contributed by atoms with Crippen molar-refractivity contribution in [3.8, 4) is 0 Å². The Morgan fingerprint density at radius 1 is 0.720 bits per heavy atom. The van der Waals surface area contributed by atoms with Crippen molar-refractivity contribution in [2.75, 3.05) is 7.05 Å². The van der Waals surface area contributed by atoms with Gasteiger partial charge in [0.15, 0.2) is 0 Å². The predicted octanol–water partition coefficient (Wildman–Crippen LogP) is -3.58. The lowest BCUT2D eigenvalue weighted by molar-refractivity contribution is -0.710. The highest BCUT2D eigenvalue weighted by Gasteiger charge is 2.27. The maximum atomic E-state index is 2.38. The highest BCUT2D eigenvalue weighted by Crippen LogP contribution is 2.23. The fourth-order valence-electron chi connectivity index (χ4n) is 3.25. The Morgan fingerprint density at radius 3 is 1.60 bits per heavy atom. The summed E-state index contributed by atoms with van der Waals surface area (Å²) in [6, 6.07) is 11.0. The number of nitrogens with two attached hydrogens (primary N) is 1. The Hall–Kier alpha value is 0.0500. The minimum atomic E-state index is 0. The van der Waals surface area contributed by atoms with E-state index in [9.17, 15) is 0 Å². The Labute approximate surface area is 175 Å². The number of halogens is 3. The summed E-state index contributed by atoms with van der Waals surface area (Å²) >= 11 is 0. The van der Waals surface area contributed by atoms with Crippen LogP contribution >= 0.6 is 0 Å². The molecule has 0 spiro atoms. The Bertz CT molecular complexity index is 373. The first-order valence-electron chi connectivity index (χ1n) is 9.59. The summed E-state index contributed by atoms with van der Waals surface area (Å²) in [5, 5.41) is 2.38. The minimum Gasteiger partial charge on any atom is -1.00 e. The first-order chi connectivity index (χ1) is 10.7. The van der Waals surface area contributed by atoms with Gasteiger partial charge in [0.25, 0.3) is 0 Å². The summed E-state index contributed by atoms with van der Waals surface area (Å²) in [4.78, 5) is 0. The van der Waals surface area contributed by atoms with Crippen LogP contribution in [0.3, 0.4) is 0 Å². The molecule has 0 aliphatic heterocycles. The minimum absolute atomic E-state index is 0. The SMILES string of the molecule is CCCCCCCCCCCCC(C)([NH2+]C)c1ccccc1.[Cl-].[Cl-].[Cl-]. The van der Waals surface area contributed by atoms with E-state index in [1.807, 2.05) is 0 Å². The van der Waals surface area contributed by atoms with Gasteiger partial charge in [-0.3, -0.25) is 0 Å². The second-order valence-corrected chi connectivity index (χ2v) is 7.00. The zero-order valence-electron chi connectivity index (χ0n) is 16.4. The van der Waals surface area contributed by atoms with Gasteiger partial charge in [0.1, 0.15) is 5.54 Å². The van der Waals surface area contributed by atoms with Crippen molar-refractivity contribution in [3.05, 3.63) is 35.9 Å². The number of benzene rings is 1. The zero-order valence-corrected chi connectivity index (χ0v) is 18.6. The number of hydrogen-bond acceptors (Lipinski definition) is 0.